The highest BCUT2D eigenvalue weighted by molar-refractivity contribution is 9.10. The molecule has 1 unspecified atom stereocenters. The van der Waals surface area contributed by atoms with E-state index < -0.39 is 6.10 Å². The number of halogens is 1. The van der Waals surface area contributed by atoms with E-state index in [1.54, 1.807) is 18.5 Å². The van der Waals surface area contributed by atoms with E-state index >= 15 is 0 Å². The maximum atomic E-state index is 10.3. The lowest BCUT2D eigenvalue weighted by Gasteiger charge is -2.14. The van der Waals surface area contributed by atoms with Crippen molar-refractivity contribution in [3.05, 3.63) is 57.8 Å². The van der Waals surface area contributed by atoms with Crippen molar-refractivity contribution < 1.29 is 5.11 Å². The first-order chi connectivity index (χ1) is 8.09. The monoisotopic (exact) mass is 292 g/mol. The molecule has 88 valence electrons. The number of aromatic nitrogens is 1. The normalized spacial score (nSPS) is 12.4. The second-order valence-corrected chi connectivity index (χ2v) is 4.77. The van der Waals surface area contributed by atoms with Gasteiger partial charge >= 0.3 is 0 Å². The van der Waals surface area contributed by atoms with Crippen LogP contribution in [0, 0.1) is 6.92 Å². The summed E-state index contributed by atoms with van der Waals surface area (Å²) in [6.07, 6.45) is 2.46. The minimum absolute atomic E-state index is 0.549. The van der Waals surface area contributed by atoms with Crippen LogP contribution in [-0.4, -0.2) is 10.1 Å². The first kappa shape index (κ1) is 12.1. The van der Waals surface area contributed by atoms with Gasteiger partial charge in [0.15, 0.2) is 0 Å². The number of anilines is 1. The number of aryl methyl sites for hydroxylation is 1. The fourth-order valence-electron chi connectivity index (χ4n) is 1.66. The summed E-state index contributed by atoms with van der Waals surface area (Å²) in [5.41, 5.74) is 8.88. The third kappa shape index (κ3) is 2.48. The van der Waals surface area contributed by atoms with Crippen LogP contribution >= 0.6 is 15.9 Å². The van der Waals surface area contributed by atoms with Gasteiger partial charge in [0.2, 0.25) is 0 Å². The lowest BCUT2D eigenvalue weighted by Crippen LogP contribution is -2.04. The van der Waals surface area contributed by atoms with Crippen molar-refractivity contribution >= 4 is 21.6 Å². The van der Waals surface area contributed by atoms with Gasteiger partial charge in [0.05, 0.1) is 0 Å². The predicted octanol–water partition coefficient (Wildman–Crippen LogP) is 2.82. The van der Waals surface area contributed by atoms with Gasteiger partial charge in [-0.3, -0.25) is 4.98 Å². The van der Waals surface area contributed by atoms with Crippen molar-refractivity contribution in [2.45, 2.75) is 13.0 Å². The number of benzene rings is 1. The number of hydrogen-bond acceptors (Lipinski definition) is 3. The molecule has 1 aromatic carbocycles. The molecule has 0 aliphatic heterocycles. The summed E-state index contributed by atoms with van der Waals surface area (Å²) in [6.45, 7) is 1.98. The van der Waals surface area contributed by atoms with Crippen LogP contribution in [0.15, 0.2) is 41.1 Å². The van der Waals surface area contributed by atoms with Crippen molar-refractivity contribution in [3.63, 3.8) is 0 Å². The topological polar surface area (TPSA) is 59.1 Å². The highest BCUT2D eigenvalue weighted by Crippen LogP contribution is 2.28. The Labute approximate surface area is 108 Å². The zero-order valence-electron chi connectivity index (χ0n) is 9.39. The lowest BCUT2D eigenvalue weighted by molar-refractivity contribution is 0.220. The Morgan fingerprint density at radius 2 is 2.12 bits per heavy atom. The average molecular weight is 293 g/mol. The SMILES string of the molecule is Cc1cc(C(O)c2cnccc2N)ccc1Br. The smallest absolute Gasteiger partial charge is 0.108 e. The fraction of sp³-hybridized carbons (Fsp3) is 0.154. The van der Waals surface area contributed by atoms with Crippen molar-refractivity contribution in [2.75, 3.05) is 5.73 Å². The Balaban J connectivity index is 2.40. The second kappa shape index (κ2) is 4.85. The molecule has 0 saturated carbocycles. The van der Waals surface area contributed by atoms with Gasteiger partial charge in [0, 0.05) is 28.1 Å². The van der Waals surface area contributed by atoms with Gasteiger partial charge in [-0.05, 0) is 30.2 Å². The van der Waals surface area contributed by atoms with Gasteiger partial charge in [0.1, 0.15) is 6.10 Å². The lowest BCUT2D eigenvalue weighted by atomic mass is 10.0. The zero-order chi connectivity index (χ0) is 12.4. The molecule has 0 bridgehead atoms. The van der Waals surface area contributed by atoms with Gasteiger partial charge in [0.25, 0.3) is 0 Å². The Morgan fingerprint density at radius 1 is 1.35 bits per heavy atom. The molecule has 17 heavy (non-hydrogen) atoms. The molecule has 1 atom stereocenters. The molecular weight excluding hydrogens is 280 g/mol. The largest absolute Gasteiger partial charge is 0.398 e. The minimum Gasteiger partial charge on any atom is -0.398 e. The van der Waals surface area contributed by atoms with Gasteiger partial charge in [-0.15, -0.1) is 0 Å². The number of nitrogen functional groups attached to an aromatic ring is 1. The third-order valence-corrected chi connectivity index (χ3v) is 3.57. The Bertz CT molecular complexity index is 543. The molecular formula is C13H13BrN2O. The standard InChI is InChI=1S/C13H13BrN2O/c1-8-6-9(2-3-11(8)14)13(17)10-7-16-5-4-12(10)15/h2-7,13,17H,1H3,(H2,15,16). The number of hydrogen-bond donors (Lipinski definition) is 2. The average Bonchev–Trinajstić information content (AvgIpc) is 2.32. The molecule has 0 saturated heterocycles. The molecule has 0 radical (unpaired) electrons. The van der Waals surface area contributed by atoms with Crippen molar-refractivity contribution in [3.8, 4) is 0 Å². The maximum Gasteiger partial charge on any atom is 0.108 e. The Kier molecular flexibility index (Phi) is 3.45. The van der Waals surface area contributed by atoms with Crippen LogP contribution in [0.1, 0.15) is 22.8 Å². The second-order valence-electron chi connectivity index (χ2n) is 3.92. The van der Waals surface area contributed by atoms with Crippen molar-refractivity contribution in [1.29, 1.82) is 0 Å². The molecule has 0 fully saturated rings. The van der Waals surface area contributed by atoms with Gasteiger partial charge in [-0.2, -0.15) is 0 Å². The summed E-state index contributed by atoms with van der Waals surface area (Å²) in [5.74, 6) is 0. The van der Waals surface area contributed by atoms with Crippen LogP contribution < -0.4 is 5.73 Å². The molecule has 3 N–H and O–H groups in total. The van der Waals surface area contributed by atoms with Crippen LogP contribution in [0.4, 0.5) is 5.69 Å². The highest BCUT2D eigenvalue weighted by Gasteiger charge is 2.14. The summed E-state index contributed by atoms with van der Waals surface area (Å²) in [4.78, 5) is 3.98. The van der Waals surface area contributed by atoms with Gasteiger partial charge < -0.3 is 10.8 Å². The van der Waals surface area contributed by atoms with Crippen molar-refractivity contribution in [1.82, 2.24) is 4.98 Å². The summed E-state index contributed by atoms with van der Waals surface area (Å²) in [5, 5.41) is 10.3. The molecule has 1 heterocycles. The molecule has 1 aromatic heterocycles. The van der Waals surface area contributed by atoms with Gasteiger partial charge in [-0.1, -0.05) is 28.1 Å². The molecule has 2 aromatic rings. The van der Waals surface area contributed by atoms with Crippen LogP contribution in [0.25, 0.3) is 0 Å². The Hall–Kier alpha value is -1.39. The van der Waals surface area contributed by atoms with E-state index in [4.69, 9.17) is 5.73 Å². The van der Waals surface area contributed by atoms with Crippen molar-refractivity contribution in [2.24, 2.45) is 0 Å². The van der Waals surface area contributed by atoms with E-state index in [1.807, 2.05) is 25.1 Å². The first-order valence-corrected chi connectivity index (χ1v) is 6.02. The van der Waals surface area contributed by atoms with E-state index in [0.29, 0.717) is 11.3 Å². The predicted molar refractivity (Wildman–Crippen MR) is 71.6 cm³/mol. The van der Waals surface area contributed by atoms with Crippen LogP contribution in [0.2, 0.25) is 0 Å². The zero-order valence-corrected chi connectivity index (χ0v) is 11.0. The van der Waals surface area contributed by atoms with Gasteiger partial charge in [-0.25, -0.2) is 0 Å². The molecule has 0 amide bonds. The maximum absolute atomic E-state index is 10.3. The number of aliphatic hydroxyl groups excluding tert-OH is 1. The minimum atomic E-state index is -0.740. The molecule has 0 aliphatic rings. The summed E-state index contributed by atoms with van der Waals surface area (Å²) in [7, 11) is 0. The fourth-order valence-corrected chi connectivity index (χ4v) is 1.91. The van der Waals surface area contributed by atoms with E-state index in [2.05, 4.69) is 20.9 Å². The number of pyridine rings is 1. The quantitative estimate of drug-likeness (QED) is 0.895. The van der Waals surface area contributed by atoms with Crippen LogP contribution in [-0.2, 0) is 0 Å². The summed E-state index contributed by atoms with van der Waals surface area (Å²) in [6, 6.07) is 7.40. The highest BCUT2D eigenvalue weighted by atomic mass is 79.9. The Morgan fingerprint density at radius 3 is 2.76 bits per heavy atom. The number of nitrogens with zero attached hydrogens (tertiary/aromatic N) is 1. The first-order valence-electron chi connectivity index (χ1n) is 5.23. The number of nitrogens with two attached hydrogens (primary N) is 1. The van der Waals surface area contributed by atoms with Crippen LogP contribution in [0.3, 0.4) is 0 Å². The molecule has 4 heteroatoms. The van der Waals surface area contributed by atoms with E-state index in [1.165, 1.54) is 0 Å². The number of aliphatic hydroxyl groups is 1. The van der Waals surface area contributed by atoms with E-state index in [-0.39, 0.29) is 0 Å². The summed E-state index contributed by atoms with van der Waals surface area (Å²) < 4.78 is 1.02. The molecule has 0 spiro atoms. The molecule has 0 aliphatic carbocycles. The summed E-state index contributed by atoms with van der Waals surface area (Å²) >= 11 is 3.43. The van der Waals surface area contributed by atoms with Crippen LogP contribution in [0.5, 0.6) is 0 Å². The molecule has 3 nitrogen and oxygen atoms in total. The van der Waals surface area contributed by atoms with E-state index in [0.717, 1.165) is 15.6 Å². The van der Waals surface area contributed by atoms with E-state index in [9.17, 15) is 5.11 Å². The molecule has 2 rings (SSSR count). The number of rotatable bonds is 2. The third-order valence-electron chi connectivity index (χ3n) is 2.68.